The number of hydrogen-bond acceptors (Lipinski definition) is 5. The zero-order chi connectivity index (χ0) is 14.8. The molecule has 0 atom stereocenters. The number of aromatic nitrogens is 2. The van der Waals surface area contributed by atoms with E-state index in [1.807, 2.05) is 0 Å². The molecule has 0 aliphatic carbocycles. The van der Waals surface area contributed by atoms with Gasteiger partial charge in [0, 0.05) is 7.05 Å². The summed E-state index contributed by atoms with van der Waals surface area (Å²) in [5, 5.41) is 3.05. The lowest BCUT2D eigenvalue weighted by molar-refractivity contribution is 0.600. The van der Waals surface area contributed by atoms with Gasteiger partial charge in [-0.3, -0.25) is 4.72 Å². The van der Waals surface area contributed by atoms with Crippen LogP contribution in [0.1, 0.15) is 5.56 Å². The molecule has 0 spiro atoms. The molecule has 0 saturated carbocycles. The molecule has 1 aromatic carbocycles. The van der Waals surface area contributed by atoms with Crippen LogP contribution >= 0.6 is 11.6 Å². The lowest BCUT2D eigenvalue weighted by Crippen LogP contribution is -2.15. The van der Waals surface area contributed by atoms with Gasteiger partial charge in [0.2, 0.25) is 5.95 Å². The molecule has 2 rings (SSSR count). The number of hydrogen-bond donors (Lipinski definition) is 2. The standard InChI is InChI=1S/C12H13ClN4O2S/c1-8-4-3-5-10(13)11(8)17-20(18,19)9-6-15-12(14-2)16-7-9/h3-7,17H,1-2H3,(H,14,15,16). The number of halogens is 1. The molecule has 2 N–H and O–H groups in total. The van der Waals surface area contributed by atoms with Crippen molar-refractivity contribution in [2.24, 2.45) is 0 Å². The highest BCUT2D eigenvalue weighted by molar-refractivity contribution is 7.92. The molecule has 0 fully saturated rings. The van der Waals surface area contributed by atoms with Crippen LogP contribution in [0.25, 0.3) is 0 Å². The van der Waals surface area contributed by atoms with Crippen LogP contribution in [0.15, 0.2) is 35.5 Å². The first-order valence-electron chi connectivity index (χ1n) is 5.72. The minimum absolute atomic E-state index is 0.0316. The van der Waals surface area contributed by atoms with E-state index in [1.165, 1.54) is 12.4 Å². The van der Waals surface area contributed by atoms with Gasteiger partial charge in [-0.15, -0.1) is 0 Å². The Hall–Kier alpha value is -1.86. The van der Waals surface area contributed by atoms with Crippen LogP contribution in [0.3, 0.4) is 0 Å². The minimum atomic E-state index is -3.77. The number of aryl methyl sites for hydroxylation is 1. The molecule has 0 saturated heterocycles. The molecule has 0 amide bonds. The summed E-state index contributed by atoms with van der Waals surface area (Å²) in [6, 6.07) is 5.14. The van der Waals surface area contributed by atoms with E-state index < -0.39 is 10.0 Å². The number of para-hydroxylation sites is 1. The van der Waals surface area contributed by atoms with Crippen molar-refractivity contribution in [3.8, 4) is 0 Å². The smallest absolute Gasteiger partial charge is 0.265 e. The van der Waals surface area contributed by atoms with Crippen molar-refractivity contribution in [2.75, 3.05) is 17.1 Å². The fraction of sp³-hybridized carbons (Fsp3) is 0.167. The van der Waals surface area contributed by atoms with Crippen molar-refractivity contribution in [3.63, 3.8) is 0 Å². The van der Waals surface area contributed by atoms with Gasteiger partial charge in [-0.1, -0.05) is 23.7 Å². The summed E-state index contributed by atoms with van der Waals surface area (Å²) in [6.07, 6.45) is 2.46. The Morgan fingerprint density at radius 1 is 1.20 bits per heavy atom. The number of nitrogens with zero attached hydrogens (tertiary/aromatic N) is 2. The van der Waals surface area contributed by atoms with Gasteiger partial charge in [0.15, 0.2) is 0 Å². The van der Waals surface area contributed by atoms with Crippen LogP contribution in [0.5, 0.6) is 0 Å². The summed E-state index contributed by atoms with van der Waals surface area (Å²) < 4.78 is 26.9. The second kappa shape index (κ2) is 5.64. The zero-order valence-electron chi connectivity index (χ0n) is 10.9. The Labute approximate surface area is 122 Å². The molecular formula is C12H13ClN4O2S. The normalized spacial score (nSPS) is 11.2. The third-order valence-electron chi connectivity index (χ3n) is 2.62. The molecule has 0 unspecified atom stereocenters. The summed E-state index contributed by atoms with van der Waals surface area (Å²) in [5.41, 5.74) is 1.08. The SMILES string of the molecule is CNc1ncc(S(=O)(=O)Nc2c(C)cccc2Cl)cn1. The topological polar surface area (TPSA) is 84.0 Å². The summed E-state index contributed by atoms with van der Waals surface area (Å²) >= 11 is 6.00. The average Bonchev–Trinajstić information content (AvgIpc) is 2.43. The first-order chi connectivity index (χ1) is 9.44. The monoisotopic (exact) mass is 312 g/mol. The average molecular weight is 313 g/mol. The van der Waals surface area contributed by atoms with Gasteiger partial charge in [0.1, 0.15) is 4.90 Å². The number of rotatable bonds is 4. The van der Waals surface area contributed by atoms with E-state index >= 15 is 0 Å². The highest BCUT2D eigenvalue weighted by atomic mass is 35.5. The van der Waals surface area contributed by atoms with E-state index in [1.54, 1.807) is 32.2 Å². The van der Waals surface area contributed by atoms with E-state index in [4.69, 9.17) is 11.6 Å². The summed E-state index contributed by atoms with van der Waals surface area (Å²) in [6.45, 7) is 1.77. The molecule has 8 heteroatoms. The van der Waals surface area contributed by atoms with Gasteiger partial charge in [0.25, 0.3) is 10.0 Å². The van der Waals surface area contributed by atoms with Gasteiger partial charge in [-0.25, -0.2) is 18.4 Å². The maximum Gasteiger partial charge on any atom is 0.265 e. The van der Waals surface area contributed by atoms with Gasteiger partial charge < -0.3 is 5.32 Å². The molecule has 20 heavy (non-hydrogen) atoms. The van der Waals surface area contributed by atoms with Gasteiger partial charge >= 0.3 is 0 Å². The van der Waals surface area contributed by atoms with Crippen LogP contribution in [-0.4, -0.2) is 25.4 Å². The van der Waals surface area contributed by atoms with Crippen LogP contribution in [0.4, 0.5) is 11.6 Å². The van der Waals surface area contributed by atoms with Crippen LogP contribution < -0.4 is 10.0 Å². The van der Waals surface area contributed by atoms with Crippen molar-refractivity contribution in [2.45, 2.75) is 11.8 Å². The third kappa shape index (κ3) is 3.00. The molecule has 106 valence electrons. The fourth-order valence-corrected chi connectivity index (χ4v) is 2.90. The first kappa shape index (κ1) is 14.5. The number of benzene rings is 1. The van der Waals surface area contributed by atoms with Crippen molar-refractivity contribution >= 4 is 33.3 Å². The Balaban J connectivity index is 2.35. The van der Waals surface area contributed by atoms with E-state index in [0.29, 0.717) is 16.7 Å². The molecular weight excluding hydrogens is 300 g/mol. The summed E-state index contributed by atoms with van der Waals surface area (Å²) in [4.78, 5) is 7.72. The Bertz CT molecular complexity index is 696. The predicted octanol–water partition coefficient (Wildman–Crippen LogP) is 2.28. The van der Waals surface area contributed by atoms with Gasteiger partial charge in [0.05, 0.1) is 23.1 Å². The second-order valence-electron chi connectivity index (χ2n) is 4.03. The third-order valence-corrected chi connectivity index (χ3v) is 4.24. The van der Waals surface area contributed by atoms with Crippen molar-refractivity contribution in [3.05, 3.63) is 41.2 Å². The Morgan fingerprint density at radius 2 is 1.85 bits per heavy atom. The summed E-state index contributed by atoms with van der Waals surface area (Å²) in [7, 11) is -2.12. The largest absolute Gasteiger partial charge is 0.357 e. The molecule has 0 aliphatic heterocycles. The van der Waals surface area contributed by atoms with Crippen molar-refractivity contribution < 1.29 is 8.42 Å². The van der Waals surface area contributed by atoms with Crippen LogP contribution in [0.2, 0.25) is 5.02 Å². The molecule has 0 radical (unpaired) electrons. The minimum Gasteiger partial charge on any atom is -0.357 e. The highest BCUT2D eigenvalue weighted by Gasteiger charge is 2.18. The Kier molecular flexibility index (Phi) is 4.10. The number of anilines is 2. The molecule has 6 nitrogen and oxygen atoms in total. The van der Waals surface area contributed by atoms with Crippen molar-refractivity contribution in [1.29, 1.82) is 0 Å². The van der Waals surface area contributed by atoms with Crippen LogP contribution in [0, 0.1) is 6.92 Å². The lowest BCUT2D eigenvalue weighted by Gasteiger charge is -2.11. The molecule has 1 heterocycles. The molecule has 2 aromatic rings. The quantitative estimate of drug-likeness (QED) is 0.905. The molecule has 1 aromatic heterocycles. The zero-order valence-corrected chi connectivity index (χ0v) is 12.5. The number of sulfonamides is 1. The molecule has 0 bridgehead atoms. The van der Waals surface area contributed by atoms with Crippen molar-refractivity contribution in [1.82, 2.24) is 9.97 Å². The maximum atomic E-state index is 12.2. The van der Waals surface area contributed by atoms with E-state index in [-0.39, 0.29) is 4.90 Å². The maximum absolute atomic E-state index is 12.2. The Morgan fingerprint density at radius 3 is 2.40 bits per heavy atom. The summed E-state index contributed by atoms with van der Waals surface area (Å²) in [5.74, 6) is 0.345. The van der Waals surface area contributed by atoms with E-state index in [9.17, 15) is 8.42 Å². The van der Waals surface area contributed by atoms with Crippen LogP contribution in [-0.2, 0) is 10.0 Å². The van der Waals surface area contributed by atoms with E-state index in [2.05, 4.69) is 20.0 Å². The highest BCUT2D eigenvalue weighted by Crippen LogP contribution is 2.27. The van der Waals surface area contributed by atoms with Gasteiger partial charge in [-0.2, -0.15) is 0 Å². The first-order valence-corrected chi connectivity index (χ1v) is 7.58. The number of nitrogens with one attached hydrogen (secondary N) is 2. The lowest BCUT2D eigenvalue weighted by atomic mass is 10.2. The molecule has 0 aliphatic rings. The van der Waals surface area contributed by atoms with Gasteiger partial charge in [-0.05, 0) is 18.6 Å². The second-order valence-corrected chi connectivity index (χ2v) is 6.12. The predicted molar refractivity (Wildman–Crippen MR) is 78.6 cm³/mol. The van der Waals surface area contributed by atoms with E-state index in [0.717, 1.165) is 5.56 Å². The fourth-order valence-electron chi connectivity index (χ4n) is 1.54.